The Kier molecular flexibility index (Phi) is 8.34. The third-order valence-corrected chi connectivity index (χ3v) is 4.31. The normalized spacial score (nSPS) is 11.6. The van der Waals surface area contributed by atoms with Gasteiger partial charge in [-0.3, -0.25) is 4.79 Å². The molecule has 0 saturated heterocycles. The van der Waals surface area contributed by atoms with Crippen LogP contribution in [0.2, 0.25) is 0 Å². The first-order valence-corrected chi connectivity index (χ1v) is 8.68. The third kappa shape index (κ3) is 6.93. The molecule has 1 aromatic carbocycles. The first-order valence-electron chi connectivity index (χ1n) is 8.68. The molecular formula is C20H32O. The zero-order valence-corrected chi connectivity index (χ0v) is 14.2. The SMILES string of the molecule is CCCCCCCCCCC(C)(C)C(=O)c1ccccc1. The highest BCUT2D eigenvalue weighted by atomic mass is 16.1. The summed E-state index contributed by atoms with van der Waals surface area (Å²) in [7, 11) is 0. The molecule has 0 heterocycles. The van der Waals surface area contributed by atoms with Crippen molar-refractivity contribution in [2.24, 2.45) is 5.41 Å². The summed E-state index contributed by atoms with van der Waals surface area (Å²) < 4.78 is 0. The molecule has 0 amide bonds. The molecule has 1 nitrogen and oxygen atoms in total. The zero-order chi connectivity index (χ0) is 15.6. The topological polar surface area (TPSA) is 17.1 Å². The Morgan fingerprint density at radius 1 is 0.857 bits per heavy atom. The van der Waals surface area contributed by atoms with Crippen LogP contribution in [0.5, 0.6) is 0 Å². The molecule has 0 spiro atoms. The fourth-order valence-corrected chi connectivity index (χ4v) is 2.79. The zero-order valence-electron chi connectivity index (χ0n) is 14.2. The van der Waals surface area contributed by atoms with Gasteiger partial charge in [0.1, 0.15) is 0 Å². The van der Waals surface area contributed by atoms with E-state index in [0.29, 0.717) is 0 Å². The second-order valence-electron chi connectivity index (χ2n) is 6.80. The lowest BCUT2D eigenvalue weighted by Crippen LogP contribution is -2.24. The van der Waals surface area contributed by atoms with Crippen LogP contribution in [-0.4, -0.2) is 5.78 Å². The molecule has 1 aromatic rings. The van der Waals surface area contributed by atoms with E-state index in [2.05, 4.69) is 20.8 Å². The molecule has 0 aliphatic heterocycles. The minimum atomic E-state index is -0.233. The average Bonchev–Trinajstić information content (AvgIpc) is 2.50. The van der Waals surface area contributed by atoms with Gasteiger partial charge >= 0.3 is 0 Å². The Bertz CT molecular complexity index is 392. The van der Waals surface area contributed by atoms with Crippen LogP contribution in [0.25, 0.3) is 0 Å². The van der Waals surface area contributed by atoms with E-state index in [1.54, 1.807) is 0 Å². The maximum atomic E-state index is 12.5. The summed E-state index contributed by atoms with van der Waals surface area (Å²) in [5.41, 5.74) is 0.617. The van der Waals surface area contributed by atoms with Gasteiger partial charge in [-0.05, 0) is 6.42 Å². The molecule has 0 unspecified atom stereocenters. The van der Waals surface area contributed by atoms with Gasteiger partial charge in [-0.2, -0.15) is 0 Å². The van der Waals surface area contributed by atoms with Crippen LogP contribution >= 0.6 is 0 Å². The van der Waals surface area contributed by atoms with E-state index in [1.807, 2.05) is 30.3 Å². The number of Topliss-reactive ketones (excluding diaryl/α,β-unsaturated/α-hetero) is 1. The van der Waals surface area contributed by atoms with Gasteiger partial charge in [0.25, 0.3) is 0 Å². The van der Waals surface area contributed by atoms with Crippen LogP contribution < -0.4 is 0 Å². The van der Waals surface area contributed by atoms with E-state index >= 15 is 0 Å². The van der Waals surface area contributed by atoms with E-state index in [4.69, 9.17) is 0 Å². The minimum absolute atomic E-state index is 0.233. The van der Waals surface area contributed by atoms with E-state index in [9.17, 15) is 4.79 Å². The molecule has 0 fully saturated rings. The van der Waals surface area contributed by atoms with Gasteiger partial charge in [-0.25, -0.2) is 0 Å². The lowest BCUT2D eigenvalue weighted by Gasteiger charge is -2.23. The fourth-order valence-electron chi connectivity index (χ4n) is 2.79. The molecule has 0 N–H and O–H groups in total. The summed E-state index contributed by atoms with van der Waals surface area (Å²) in [5, 5.41) is 0. The summed E-state index contributed by atoms with van der Waals surface area (Å²) in [4.78, 5) is 12.5. The van der Waals surface area contributed by atoms with Crippen molar-refractivity contribution in [3.63, 3.8) is 0 Å². The highest BCUT2D eigenvalue weighted by molar-refractivity contribution is 5.99. The Morgan fingerprint density at radius 2 is 1.38 bits per heavy atom. The molecule has 0 radical (unpaired) electrons. The second-order valence-corrected chi connectivity index (χ2v) is 6.80. The Balaban J connectivity index is 2.22. The summed E-state index contributed by atoms with van der Waals surface area (Å²) in [6.07, 6.45) is 11.5. The van der Waals surface area contributed by atoms with Gasteiger partial charge in [0, 0.05) is 11.0 Å². The molecule has 1 rings (SSSR count). The third-order valence-electron chi connectivity index (χ3n) is 4.31. The van der Waals surface area contributed by atoms with Crippen LogP contribution in [0.4, 0.5) is 0 Å². The van der Waals surface area contributed by atoms with E-state index in [0.717, 1.165) is 12.0 Å². The summed E-state index contributed by atoms with van der Waals surface area (Å²) in [6.45, 7) is 6.43. The predicted molar refractivity (Wildman–Crippen MR) is 91.8 cm³/mol. The quantitative estimate of drug-likeness (QED) is 0.339. The van der Waals surface area contributed by atoms with Gasteiger partial charge in [0.2, 0.25) is 0 Å². The minimum Gasteiger partial charge on any atom is -0.294 e. The van der Waals surface area contributed by atoms with Crippen LogP contribution in [0.1, 0.15) is 88.9 Å². The van der Waals surface area contributed by atoms with Crippen molar-refractivity contribution >= 4 is 5.78 Å². The van der Waals surface area contributed by atoms with Gasteiger partial charge in [0.05, 0.1) is 0 Å². The van der Waals surface area contributed by atoms with Crippen molar-refractivity contribution in [2.45, 2.75) is 78.6 Å². The first-order chi connectivity index (χ1) is 10.1. The summed E-state index contributed by atoms with van der Waals surface area (Å²) in [6, 6.07) is 9.71. The maximum Gasteiger partial charge on any atom is 0.168 e. The van der Waals surface area contributed by atoms with Crippen molar-refractivity contribution in [2.75, 3.05) is 0 Å². The number of hydrogen-bond donors (Lipinski definition) is 0. The largest absolute Gasteiger partial charge is 0.294 e. The molecule has 0 saturated carbocycles. The molecule has 118 valence electrons. The highest BCUT2D eigenvalue weighted by Gasteiger charge is 2.27. The number of unbranched alkanes of at least 4 members (excludes halogenated alkanes) is 7. The van der Waals surface area contributed by atoms with Crippen LogP contribution in [0.3, 0.4) is 0 Å². The molecule has 1 heteroatoms. The van der Waals surface area contributed by atoms with Gasteiger partial charge in [0.15, 0.2) is 5.78 Å². The van der Waals surface area contributed by atoms with E-state index in [1.165, 1.54) is 51.4 Å². The number of carbonyl (C=O) groups is 1. The second kappa shape index (κ2) is 9.76. The summed E-state index contributed by atoms with van der Waals surface area (Å²) >= 11 is 0. The highest BCUT2D eigenvalue weighted by Crippen LogP contribution is 2.28. The number of carbonyl (C=O) groups excluding carboxylic acids is 1. The standard InChI is InChI=1S/C20H32O/c1-4-5-6-7-8-9-10-14-17-20(2,3)19(21)18-15-12-11-13-16-18/h11-13,15-16H,4-10,14,17H2,1-3H3. The Hall–Kier alpha value is -1.11. The number of ketones is 1. The maximum absolute atomic E-state index is 12.5. The summed E-state index contributed by atoms with van der Waals surface area (Å²) in [5.74, 6) is 0.283. The van der Waals surface area contributed by atoms with Crippen molar-refractivity contribution in [1.82, 2.24) is 0 Å². The molecule has 21 heavy (non-hydrogen) atoms. The number of rotatable bonds is 11. The predicted octanol–water partition coefficient (Wildman–Crippen LogP) is 6.43. The van der Waals surface area contributed by atoms with E-state index < -0.39 is 0 Å². The molecule has 0 aromatic heterocycles. The number of hydrogen-bond acceptors (Lipinski definition) is 1. The average molecular weight is 288 g/mol. The van der Waals surface area contributed by atoms with Crippen LogP contribution in [0.15, 0.2) is 30.3 Å². The van der Waals surface area contributed by atoms with Gasteiger partial charge in [-0.1, -0.05) is 102 Å². The molecule has 0 bridgehead atoms. The first kappa shape index (κ1) is 17.9. The molecule has 0 aliphatic rings. The van der Waals surface area contributed by atoms with Crippen molar-refractivity contribution < 1.29 is 4.79 Å². The molecular weight excluding hydrogens is 256 g/mol. The van der Waals surface area contributed by atoms with Crippen molar-refractivity contribution in [1.29, 1.82) is 0 Å². The van der Waals surface area contributed by atoms with Gasteiger partial charge in [-0.15, -0.1) is 0 Å². The molecule has 0 aliphatic carbocycles. The fraction of sp³-hybridized carbons (Fsp3) is 0.650. The number of benzene rings is 1. The van der Waals surface area contributed by atoms with Crippen molar-refractivity contribution in [3.8, 4) is 0 Å². The van der Waals surface area contributed by atoms with Crippen LogP contribution in [-0.2, 0) is 0 Å². The lowest BCUT2D eigenvalue weighted by atomic mass is 9.80. The molecule has 0 atom stereocenters. The van der Waals surface area contributed by atoms with E-state index in [-0.39, 0.29) is 11.2 Å². The lowest BCUT2D eigenvalue weighted by molar-refractivity contribution is 0.0822. The monoisotopic (exact) mass is 288 g/mol. The Morgan fingerprint density at radius 3 is 1.95 bits per heavy atom. The Labute approximate surface area is 131 Å². The van der Waals surface area contributed by atoms with Gasteiger partial charge < -0.3 is 0 Å². The van der Waals surface area contributed by atoms with Crippen molar-refractivity contribution in [3.05, 3.63) is 35.9 Å². The van der Waals surface area contributed by atoms with Crippen LogP contribution in [0, 0.1) is 5.41 Å². The smallest absolute Gasteiger partial charge is 0.168 e.